The molecule has 2 fully saturated rings. The van der Waals surface area contributed by atoms with Crippen molar-refractivity contribution in [3.8, 4) is 5.75 Å². The first-order valence-corrected chi connectivity index (χ1v) is 8.90. The lowest BCUT2D eigenvalue weighted by molar-refractivity contribution is -0.187. The standard InChI is InChI=1S/C18H25F3N4O/c1-26-16-4-2-13(3-5-16)23-17(22)24-14-10-15(11-14)25-8-6-12(7-9-25)18(19,20)21/h2-5,12,14-15H,6-11H2,1H3,(H3,22,23,24). The molecule has 26 heavy (non-hydrogen) atoms. The van der Waals surface area contributed by atoms with Crippen LogP contribution in [0.1, 0.15) is 25.7 Å². The molecular formula is C18H25F3N4O. The molecule has 144 valence electrons. The van der Waals surface area contributed by atoms with Crippen LogP contribution < -0.4 is 15.8 Å². The van der Waals surface area contributed by atoms with E-state index in [-0.39, 0.29) is 18.9 Å². The maximum atomic E-state index is 12.7. The summed E-state index contributed by atoms with van der Waals surface area (Å²) in [5.41, 5.74) is 6.78. The number of alkyl halides is 3. The Bertz CT molecular complexity index is 618. The van der Waals surface area contributed by atoms with Crippen molar-refractivity contribution in [2.75, 3.05) is 25.5 Å². The predicted molar refractivity (Wildman–Crippen MR) is 95.4 cm³/mol. The van der Waals surface area contributed by atoms with E-state index < -0.39 is 12.1 Å². The van der Waals surface area contributed by atoms with Crippen molar-refractivity contribution in [3.63, 3.8) is 0 Å². The minimum atomic E-state index is -4.06. The summed E-state index contributed by atoms with van der Waals surface area (Å²) in [5.74, 6) is -0.0198. The molecule has 0 spiro atoms. The topological polar surface area (TPSA) is 62.9 Å². The normalized spacial score (nSPS) is 25.6. The highest BCUT2D eigenvalue weighted by Crippen LogP contribution is 2.37. The zero-order valence-corrected chi connectivity index (χ0v) is 14.8. The van der Waals surface area contributed by atoms with Crippen molar-refractivity contribution in [1.29, 1.82) is 0 Å². The zero-order chi connectivity index (χ0) is 18.7. The van der Waals surface area contributed by atoms with Crippen molar-refractivity contribution in [1.82, 2.24) is 4.90 Å². The maximum absolute atomic E-state index is 12.7. The third-order valence-corrected chi connectivity index (χ3v) is 5.28. The number of aliphatic imine (C=N–C) groups is 1. The van der Waals surface area contributed by atoms with E-state index in [1.165, 1.54) is 0 Å². The molecule has 1 aromatic carbocycles. The number of nitrogens with one attached hydrogen (secondary N) is 1. The monoisotopic (exact) mass is 370 g/mol. The van der Waals surface area contributed by atoms with Gasteiger partial charge >= 0.3 is 6.18 Å². The summed E-state index contributed by atoms with van der Waals surface area (Å²) in [7, 11) is 1.61. The van der Waals surface area contributed by atoms with Crippen LogP contribution in [0.5, 0.6) is 5.75 Å². The minimum Gasteiger partial charge on any atom is -0.497 e. The highest BCUT2D eigenvalue weighted by Gasteiger charge is 2.43. The van der Waals surface area contributed by atoms with Gasteiger partial charge in [0.05, 0.1) is 19.1 Å². The van der Waals surface area contributed by atoms with E-state index >= 15 is 0 Å². The molecule has 2 aliphatic rings. The third kappa shape index (κ3) is 4.60. The van der Waals surface area contributed by atoms with Crippen LogP contribution in [0.2, 0.25) is 0 Å². The molecule has 0 amide bonds. The molecule has 1 aliphatic heterocycles. The summed E-state index contributed by atoms with van der Waals surface area (Å²) in [5, 5.41) is 3.04. The van der Waals surface area contributed by atoms with Gasteiger partial charge in [-0.25, -0.2) is 4.99 Å². The first-order valence-electron chi connectivity index (χ1n) is 8.90. The van der Waals surface area contributed by atoms with E-state index in [9.17, 15) is 13.2 Å². The number of piperidine rings is 1. The quantitative estimate of drug-likeness (QED) is 0.631. The number of nitrogens with zero attached hydrogens (tertiary/aromatic N) is 2. The number of nitrogens with two attached hydrogens (primary N) is 1. The number of halogens is 3. The number of hydrogen-bond acceptors (Lipinski definition) is 3. The molecule has 5 nitrogen and oxygen atoms in total. The third-order valence-electron chi connectivity index (χ3n) is 5.28. The molecule has 1 saturated heterocycles. The zero-order valence-electron chi connectivity index (χ0n) is 14.8. The van der Waals surface area contributed by atoms with Gasteiger partial charge in [-0.2, -0.15) is 13.2 Å². The van der Waals surface area contributed by atoms with Crippen molar-refractivity contribution in [2.24, 2.45) is 16.6 Å². The molecule has 1 heterocycles. The Morgan fingerprint density at radius 3 is 2.35 bits per heavy atom. The Morgan fingerprint density at radius 1 is 1.19 bits per heavy atom. The fourth-order valence-corrected chi connectivity index (χ4v) is 3.61. The molecule has 3 rings (SSSR count). The van der Waals surface area contributed by atoms with Gasteiger partial charge in [-0.3, -0.25) is 0 Å². The lowest BCUT2D eigenvalue weighted by atomic mass is 9.83. The number of ether oxygens (including phenoxy) is 1. The van der Waals surface area contributed by atoms with Crippen molar-refractivity contribution in [2.45, 2.75) is 43.9 Å². The van der Waals surface area contributed by atoms with Crippen LogP contribution in [0.3, 0.4) is 0 Å². The molecule has 3 N–H and O–H groups in total. The Balaban J connectivity index is 1.42. The second-order valence-electron chi connectivity index (χ2n) is 7.00. The summed E-state index contributed by atoms with van der Waals surface area (Å²) in [4.78, 5) is 6.63. The molecule has 0 radical (unpaired) electrons. The van der Waals surface area contributed by atoms with Crippen LogP contribution in [0.15, 0.2) is 29.3 Å². The first-order chi connectivity index (χ1) is 12.3. The van der Waals surface area contributed by atoms with Crippen LogP contribution in [-0.4, -0.2) is 49.3 Å². The van der Waals surface area contributed by atoms with Crippen molar-refractivity contribution in [3.05, 3.63) is 24.3 Å². The summed E-state index contributed by atoms with van der Waals surface area (Å²) >= 11 is 0. The van der Waals surface area contributed by atoms with Crippen molar-refractivity contribution >= 4 is 11.6 Å². The van der Waals surface area contributed by atoms with Gasteiger partial charge in [0.25, 0.3) is 0 Å². The number of guanidine groups is 1. The van der Waals surface area contributed by atoms with Crippen LogP contribution >= 0.6 is 0 Å². The summed E-state index contributed by atoms with van der Waals surface area (Å²) < 4.78 is 43.3. The Morgan fingerprint density at radius 2 is 1.81 bits per heavy atom. The molecule has 8 heteroatoms. The first kappa shape index (κ1) is 18.8. The van der Waals surface area contributed by atoms with Gasteiger partial charge in [0.15, 0.2) is 5.96 Å². The minimum absolute atomic E-state index is 0.131. The van der Waals surface area contributed by atoms with E-state index in [4.69, 9.17) is 10.5 Å². The largest absolute Gasteiger partial charge is 0.497 e. The van der Waals surface area contributed by atoms with E-state index in [2.05, 4.69) is 15.2 Å². The summed E-state index contributed by atoms with van der Waals surface area (Å²) in [6.07, 6.45) is -1.95. The van der Waals surface area contributed by atoms with Gasteiger partial charge in [-0.15, -0.1) is 0 Å². The van der Waals surface area contributed by atoms with Crippen LogP contribution in [0.4, 0.5) is 18.9 Å². The van der Waals surface area contributed by atoms with Gasteiger partial charge in [-0.05, 0) is 63.0 Å². The van der Waals surface area contributed by atoms with Gasteiger partial charge in [-0.1, -0.05) is 0 Å². The number of hydrogen-bond donors (Lipinski definition) is 2. The average molecular weight is 370 g/mol. The summed E-state index contributed by atoms with van der Waals surface area (Å²) in [6.45, 7) is 1.04. The number of rotatable bonds is 4. The van der Waals surface area contributed by atoms with E-state index in [1.54, 1.807) is 7.11 Å². The molecule has 1 aromatic rings. The lowest BCUT2D eigenvalue weighted by Gasteiger charge is -2.44. The molecule has 0 aromatic heterocycles. The van der Waals surface area contributed by atoms with Gasteiger partial charge in [0.1, 0.15) is 5.75 Å². The van der Waals surface area contributed by atoms with Gasteiger partial charge in [0.2, 0.25) is 0 Å². The van der Waals surface area contributed by atoms with Crippen LogP contribution in [0.25, 0.3) is 0 Å². The molecule has 1 aliphatic carbocycles. The van der Waals surface area contributed by atoms with E-state index in [0.717, 1.165) is 24.3 Å². The average Bonchev–Trinajstić information content (AvgIpc) is 2.58. The second-order valence-corrected chi connectivity index (χ2v) is 7.00. The Hall–Kier alpha value is -1.96. The van der Waals surface area contributed by atoms with Crippen LogP contribution in [-0.2, 0) is 0 Å². The highest BCUT2D eigenvalue weighted by atomic mass is 19.4. The summed E-state index contributed by atoms with van der Waals surface area (Å²) in [6, 6.07) is 7.84. The Kier molecular flexibility index (Phi) is 5.60. The number of likely N-dealkylation sites (tertiary alicyclic amines) is 1. The van der Waals surface area contributed by atoms with Crippen LogP contribution in [0, 0.1) is 5.92 Å². The van der Waals surface area contributed by atoms with E-state index in [1.807, 2.05) is 24.3 Å². The molecular weight excluding hydrogens is 345 g/mol. The number of methoxy groups -OCH3 is 1. The van der Waals surface area contributed by atoms with Crippen molar-refractivity contribution < 1.29 is 17.9 Å². The second kappa shape index (κ2) is 7.73. The number of benzene rings is 1. The predicted octanol–water partition coefficient (Wildman–Crippen LogP) is 3.23. The molecule has 0 bridgehead atoms. The van der Waals surface area contributed by atoms with Gasteiger partial charge < -0.3 is 20.7 Å². The number of anilines is 1. The fourth-order valence-electron chi connectivity index (χ4n) is 3.61. The maximum Gasteiger partial charge on any atom is 0.391 e. The molecule has 0 unspecified atom stereocenters. The fraction of sp³-hybridized carbons (Fsp3) is 0.611. The highest BCUT2D eigenvalue weighted by molar-refractivity contribution is 5.92. The molecule has 1 saturated carbocycles. The molecule has 0 atom stereocenters. The van der Waals surface area contributed by atoms with E-state index in [0.29, 0.717) is 25.1 Å². The van der Waals surface area contributed by atoms with Gasteiger partial charge in [0, 0.05) is 11.7 Å². The smallest absolute Gasteiger partial charge is 0.391 e. The Labute approximate surface area is 151 Å². The lowest BCUT2D eigenvalue weighted by Crippen LogP contribution is -2.51. The SMILES string of the molecule is COc1ccc(NC(N)=NC2CC(N3CCC(C(F)(F)F)CC3)C2)cc1.